The summed E-state index contributed by atoms with van der Waals surface area (Å²) in [4.78, 5) is 25.6. The van der Waals surface area contributed by atoms with Crippen molar-refractivity contribution in [1.29, 1.82) is 0 Å². The maximum Gasteiger partial charge on any atom is 0.272 e. The van der Waals surface area contributed by atoms with Crippen molar-refractivity contribution in [3.63, 3.8) is 0 Å². The zero-order valence-corrected chi connectivity index (χ0v) is 19.6. The lowest BCUT2D eigenvalue weighted by atomic mass is 10.2. The van der Waals surface area contributed by atoms with Crippen LogP contribution in [-0.2, 0) is 16.1 Å². The third kappa shape index (κ3) is 4.03. The smallest absolute Gasteiger partial charge is 0.272 e. The van der Waals surface area contributed by atoms with Gasteiger partial charge in [-0.2, -0.15) is 0 Å². The lowest BCUT2D eigenvalue weighted by Gasteiger charge is -2.13. The van der Waals surface area contributed by atoms with Crippen molar-refractivity contribution in [2.45, 2.75) is 37.6 Å². The van der Waals surface area contributed by atoms with Crippen molar-refractivity contribution in [3.05, 3.63) is 50.6 Å². The number of carbonyl (C=O) groups is 1. The summed E-state index contributed by atoms with van der Waals surface area (Å²) in [6.45, 7) is 3.06. The number of thioether (sulfide) groups is 1. The van der Waals surface area contributed by atoms with Gasteiger partial charge in [-0.1, -0.05) is 29.4 Å². The molecule has 5 rings (SSSR count). The lowest BCUT2D eigenvalue weighted by Crippen LogP contribution is -2.28. The first-order chi connectivity index (χ1) is 15.5. The lowest BCUT2D eigenvalue weighted by molar-refractivity contribution is -0.113. The van der Waals surface area contributed by atoms with Gasteiger partial charge in [0, 0.05) is 17.3 Å². The molecule has 4 heterocycles. The molecule has 1 atom stereocenters. The molecule has 1 unspecified atom stereocenters. The second-order valence-electron chi connectivity index (χ2n) is 7.60. The van der Waals surface area contributed by atoms with E-state index in [1.165, 1.54) is 23.1 Å². The van der Waals surface area contributed by atoms with Gasteiger partial charge in [0.25, 0.3) is 5.56 Å². The molecule has 0 aliphatic carbocycles. The maximum absolute atomic E-state index is 13.1. The number of fused-ring (bicyclic) bond motifs is 3. The van der Waals surface area contributed by atoms with Crippen LogP contribution in [0.15, 0.2) is 39.6 Å². The summed E-state index contributed by atoms with van der Waals surface area (Å²) >= 11 is 8.80. The van der Waals surface area contributed by atoms with E-state index in [2.05, 4.69) is 15.5 Å². The topological polar surface area (TPSA) is 90.5 Å². The minimum absolute atomic E-state index is 0.00572. The summed E-state index contributed by atoms with van der Waals surface area (Å²) in [7, 11) is 0. The van der Waals surface area contributed by atoms with Gasteiger partial charge >= 0.3 is 0 Å². The van der Waals surface area contributed by atoms with Crippen LogP contribution in [0.2, 0.25) is 5.02 Å². The van der Waals surface area contributed by atoms with E-state index in [0.717, 1.165) is 23.9 Å². The molecule has 0 saturated carbocycles. The molecule has 32 heavy (non-hydrogen) atoms. The van der Waals surface area contributed by atoms with E-state index in [0.29, 0.717) is 39.5 Å². The zero-order chi connectivity index (χ0) is 22.2. The molecule has 1 N–H and O–H groups in total. The molecule has 0 radical (unpaired) electrons. The van der Waals surface area contributed by atoms with E-state index in [1.54, 1.807) is 10.6 Å². The maximum atomic E-state index is 13.1. The summed E-state index contributed by atoms with van der Waals surface area (Å²) in [5, 5.41) is 14.5. The first kappa shape index (κ1) is 21.4. The number of anilines is 1. The number of carbonyl (C=O) groups excluding carboxylic acids is 1. The molecule has 1 saturated heterocycles. The van der Waals surface area contributed by atoms with E-state index in [-0.39, 0.29) is 23.3 Å². The minimum atomic E-state index is -0.180. The number of hydrogen-bond acceptors (Lipinski definition) is 7. The van der Waals surface area contributed by atoms with E-state index >= 15 is 0 Å². The molecule has 3 aromatic heterocycles. The molecule has 0 bridgehead atoms. The number of aromatic nitrogens is 4. The van der Waals surface area contributed by atoms with Crippen LogP contribution in [-0.4, -0.2) is 43.5 Å². The Morgan fingerprint density at radius 3 is 3.03 bits per heavy atom. The van der Waals surface area contributed by atoms with Crippen LogP contribution in [0.1, 0.15) is 18.4 Å². The van der Waals surface area contributed by atoms with Crippen molar-refractivity contribution in [1.82, 2.24) is 19.2 Å². The normalized spacial score (nSPS) is 16.2. The van der Waals surface area contributed by atoms with Gasteiger partial charge in [0.2, 0.25) is 11.7 Å². The Labute approximate surface area is 196 Å². The van der Waals surface area contributed by atoms with Gasteiger partial charge in [0.05, 0.1) is 23.9 Å². The van der Waals surface area contributed by atoms with Crippen LogP contribution in [0.25, 0.3) is 16.0 Å². The molecular formula is C21H20ClN5O3S2. The van der Waals surface area contributed by atoms with Gasteiger partial charge in [0.1, 0.15) is 4.70 Å². The van der Waals surface area contributed by atoms with Gasteiger partial charge in [-0.05, 0) is 48.9 Å². The number of amides is 1. The van der Waals surface area contributed by atoms with Crippen molar-refractivity contribution in [2.24, 2.45) is 0 Å². The third-order valence-electron chi connectivity index (χ3n) is 5.38. The molecule has 4 aromatic rings. The molecule has 1 aliphatic rings. The minimum Gasteiger partial charge on any atom is -0.376 e. The number of nitrogens with zero attached hydrogens (tertiary/aromatic N) is 4. The van der Waals surface area contributed by atoms with Crippen molar-refractivity contribution in [3.8, 4) is 0 Å². The molecule has 1 amide bonds. The van der Waals surface area contributed by atoms with E-state index in [4.69, 9.17) is 16.3 Å². The summed E-state index contributed by atoms with van der Waals surface area (Å²) in [6.07, 6.45) is 1.90. The van der Waals surface area contributed by atoms with Crippen LogP contribution >= 0.6 is 34.7 Å². The number of benzene rings is 1. The van der Waals surface area contributed by atoms with Gasteiger partial charge in [-0.15, -0.1) is 21.5 Å². The number of nitrogens with one attached hydrogen (secondary N) is 1. The fraction of sp³-hybridized carbons (Fsp3) is 0.333. The first-order valence-electron chi connectivity index (χ1n) is 10.2. The Kier molecular flexibility index (Phi) is 5.93. The van der Waals surface area contributed by atoms with Crippen LogP contribution in [0.3, 0.4) is 0 Å². The second-order valence-corrected chi connectivity index (χ2v) is 9.87. The molecule has 1 fully saturated rings. The summed E-state index contributed by atoms with van der Waals surface area (Å²) < 4.78 is 9.86. The highest BCUT2D eigenvalue weighted by molar-refractivity contribution is 7.99. The monoisotopic (exact) mass is 489 g/mol. The number of aryl methyl sites for hydroxylation is 1. The number of rotatable bonds is 6. The Morgan fingerprint density at radius 2 is 2.25 bits per heavy atom. The first-order valence-corrected chi connectivity index (χ1v) is 12.4. The zero-order valence-electron chi connectivity index (χ0n) is 17.2. The highest BCUT2D eigenvalue weighted by Gasteiger charge is 2.23. The number of ether oxygens (including phenoxy) is 1. The van der Waals surface area contributed by atoms with E-state index in [1.807, 2.05) is 34.9 Å². The Morgan fingerprint density at radius 1 is 1.38 bits per heavy atom. The Bertz CT molecular complexity index is 1370. The molecule has 1 aliphatic heterocycles. The predicted octanol–water partition coefficient (Wildman–Crippen LogP) is 3.98. The number of hydrogen-bond donors (Lipinski definition) is 1. The fourth-order valence-electron chi connectivity index (χ4n) is 3.75. The van der Waals surface area contributed by atoms with Crippen LogP contribution in [0.5, 0.6) is 0 Å². The predicted molar refractivity (Wildman–Crippen MR) is 127 cm³/mol. The molecular weight excluding hydrogens is 470 g/mol. The summed E-state index contributed by atoms with van der Waals surface area (Å²) in [6, 6.07) is 7.28. The van der Waals surface area contributed by atoms with E-state index in [9.17, 15) is 9.59 Å². The quantitative estimate of drug-likeness (QED) is 0.412. The molecule has 0 spiro atoms. The van der Waals surface area contributed by atoms with Crippen molar-refractivity contribution < 1.29 is 9.53 Å². The summed E-state index contributed by atoms with van der Waals surface area (Å²) in [5.41, 5.74) is 2.25. The highest BCUT2D eigenvalue weighted by Crippen LogP contribution is 2.26. The third-order valence-corrected chi connectivity index (χ3v) is 7.61. The molecule has 11 heteroatoms. The molecule has 1 aromatic carbocycles. The van der Waals surface area contributed by atoms with Gasteiger partial charge in [-0.3, -0.25) is 18.6 Å². The molecule has 8 nitrogen and oxygen atoms in total. The SMILES string of the molecule is Cc1ccc(NC(=O)CSc2nnc3n(CC4CCCO4)c(=O)c4sccc4n23)cc1Cl. The average molecular weight is 490 g/mol. The van der Waals surface area contributed by atoms with Crippen molar-refractivity contribution >= 4 is 62.3 Å². The standard InChI is InChI=1S/C21H20ClN5O3S2/c1-12-4-5-13(9-15(12)22)23-17(28)11-32-21-25-24-20-26(10-14-3-2-7-30-14)19(29)18-16(27(20)21)6-8-31-18/h4-6,8-9,14H,2-3,7,10-11H2,1H3,(H,23,28). The largest absolute Gasteiger partial charge is 0.376 e. The van der Waals surface area contributed by atoms with Crippen molar-refractivity contribution in [2.75, 3.05) is 17.7 Å². The van der Waals surface area contributed by atoms with Gasteiger partial charge < -0.3 is 10.1 Å². The highest BCUT2D eigenvalue weighted by atomic mass is 35.5. The molecule has 166 valence electrons. The van der Waals surface area contributed by atoms with Gasteiger partial charge in [-0.25, -0.2) is 0 Å². The Hall–Kier alpha value is -2.40. The Balaban J connectivity index is 1.42. The van der Waals surface area contributed by atoms with Crippen LogP contribution in [0, 0.1) is 6.92 Å². The van der Waals surface area contributed by atoms with E-state index < -0.39 is 0 Å². The number of halogens is 1. The fourth-order valence-corrected chi connectivity index (χ4v) is 5.49. The summed E-state index contributed by atoms with van der Waals surface area (Å²) in [5.74, 6) is 0.425. The van der Waals surface area contributed by atoms with Crippen LogP contribution < -0.4 is 10.9 Å². The second kappa shape index (κ2) is 8.86. The van der Waals surface area contributed by atoms with Crippen LogP contribution in [0.4, 0.5) is 5.69 Å². The average Bonchev–Trinajstić information content (AvgIpc) is 3.52. The number of thiophene rings is 1. The van der Waals surface area contributed by atoms with Gasteiger partial charge in [0.15, 0.2) is 5.16 Å².